The summed E-state index contributed by atoms with van der Waals surface area (Å²) in [5.74, 6) is -0.260. The van der Waals surface area contributed by atoms with Gasteiger partial charge in [0.15, 0.2) is 0 Å². The third-order valence-corrected chi connectivity index (χ3v) is 3.32. The van der Waals surface area contributed by atoms with Crippen molar-refractivity contribution >= 4 is 28.5 Å². The lowest BCUT2D eigenvalue weighted by Gasteiger charge is -2.33. The first kappa shape index (κ1) is 16.8. The Bertz CT molecular complexity index is 729. The highest BCUT2D eigenvalue weighted by atomic mass is 16.6. The van der Waals surface area contributed by atoms with Gasteiger partial charge in [-0.05, 0) is 32.2 Å². The molecule has 0 aliphatic carbocycles. The Morgan fingerprint density at radius 1 is 1.00 bits per heavy atom. The number of fused-ring (bicyclic) bond motifs is 1. The molecule has 0 bridgehead atoms. The second-order valence-electron chi connectivity index (χ2n) is 6.33. The van der Waals surface area contributed by atoms with Gasteiger partial charge in [-0.15, -0.1) is 0 Å². The van der Waals surface area contributed by atoms with E-state index in [1.807, 2.05) is 36.4 Å². The Hall–Kier alpha value is -2.56. The smallest absolute Gasteiger partial charge is 0.434 e. The number of carbonyl (C=O) groups is 2. The molecule has 5 heteroatoms. The Morgan fingerprint density at radius 3 is 2.22 bits per heavy atom. The standard InChI is InChI=1S/C18H22N2O3/c1-13(21)19(5)20(17(22)23-18(2,3)4)16-12-8-10-14-9-6-7-11-15(14)16/h6-12H,1-5H3. The van der Waals surface area contributed by atoms with Crippen molar-refractivity contribution in [1.29, 1.82) is 0 Å². The Kier molecular flexibility index (Phi) is 4.59. The molecule has 2 amide bonds. The summed E-state index contributed by atoms with van der Waals surface area (Å²) in [7, 11) is 1.55. The van der Waals surface area contributed by atoms with Crippen LogP contribution in [0.4, 0.5) is 10.5 Å². The van der Waals surface area contributed by atoms with Crippen LogP contribution in [0.5, 0.6) is 0 Å². The van der Waals surface area contributed by atoms with Crippen LogP contribution in [0.15, 0.2) is 42.5 Å². The average molecular weight is 314 g/mol. The van der Waals surface area contributed by atoms with E-state index in [1.54, 1.807) is 33.9 Å². The molecule has 0 saturated carbocycles. The lowest BCUT2D eigenvalue weighted by Crippen LogP contribution is -2.49. The fourth-order valence-electron chi connectivity index (χ4n) is 2.22. The molecule has 0 radical (unpaired) electrons. The van der Waals surface area contributed by atoms with Crippen LogP contribution in [-0.4, -0.2) is 29.7 Å². The van der Waals surface area contributed by atoms with Gasteiger partial charge < -0.3 is 4.74 Å². The Morgan fingerprint density at radius 2 is 1.61 bits per heavy atom. The molecule has 0 spiro atoms. The molecule has 0 saturated heterocycles. The summed E-state index contributed by atoms with van der Waals surface area (Å²) in [5.41, 5.74) is -0.0487. The molecular formula is C18H22N2O3. The highest BCUT2D eigenvalue weighted by molar-refractivity contribution is 6.02. The van der Waals surface area contributed by atoms with E-state index in [9.17, 15) is 9.59 Å². The number of hydrogen-bond acceptors (Lipinski definition) is 3. The summed E-state index contributed by atoms with van der Waals surface area (Å²) in [6.45, 7) is 6.78. The van der Waals surface area contributed by atoms with Gasteiger partial charge in [-0.25, -0.2) is 9.80 Å². The van der Waals surface area contributed by atoms with Crippen molar-refractivity contribution in [2.45, 2.75) is 33.3 Å². The molecule has 0 N–H and O–H groups in total. The zero-order valence-electron chi connectivity index (χ0n) is 14.2. The summed E-state index contributed by atoms with van der Waals surface area (Å²) < 4.78 is 5.47. The van der Waals surface area contributed by atoms with Crippen LogP contribution in [0, 0.1) is 0 Å². The first-order valence-corrected chi connectivity index (χ1v) is 7.46. The SMILES string of the molecule is CC(=O)N(C)N(C(=O)OC(C)(C)C)c1cccc2ccccc12. The van der Waals surface area contributed by atoms with Crippen LogP contribution in [0.1, 0.15) is 27.7 Å². The number of nitrogens with zero attached hydrogens (tertiary/aromatic N) is 2. The average Bonchev–Trinajstić information content (AvgIpc) is 2.45. The normalized spacial score (nSPS) is 11.2. The summed E-state index contributed by atoms with van der Waals surface area (Å²) in [6.07, 6.45) is -0.591. The van der Waals surface area contributed by atoms with E-state index in [-0.39, 0.29) is 5.91 Å². The van der Waals surface area contributed by atoms with E-state index >= 15 is 0 Å². The van der Waals surface area contributed by atoms with Gasteiger partial charge >= 0.3 is 6.09 Å². The molecule has 5 nitrogen and oxygen atoms in total. The zero-order chi connectivity index (χ0) is 17.2. The maximum absolute atomic E-state index is 12.7. The van der Waals surface area contributed by atoms with Gasteiger partial charge in [0.05, 0.1) is 5.69 Å². The third-order valence-electron chi connectivity index (χ3n) is 3.32. The van der Waals surface area contributed by atoms with E-state index in [0.717, 1.165) is 10.8 Å². The molecule has 0 atom stereocenters. The van der Waals surface area contributed by atoms with Gasteiger partial charge in [-0.2, -0.15) is 5.01 Å². The molecule has 2 rings (SSSR count). The van der Waals surface area contributed by atoms with Crippen molar-refractivity contribution in [2.24, 2.45) is 0 Å². The number of anilines is 1. The lowest BCUT2D eigenvalue weighted by atomic mass is 10.1. The molecule has 23 heavy (non-hydrogen) atoms. The maximum atomic E-state index is 12.7. The van der Waals surface area contributed by atoms with Gasteiger partial charge in [0.25, 0.3) is 0 Å². The van der Waals surface area contributed by atoms with Crippen molar-refractivity contribution in [3.8, 4) is 0 Å². The lowest BCUT2D eigenvalue weighted by molar-refractivity contribution is -0.128. The van der Waals surface area contributed by atoms with Crippen molar-refractivity contribution in [3.05, 3.63) is 42.5 Å². The van der Waals surface area contributed by atoms with Gasteiger partial charge in [0.1, 0.15) is 5.60 Å². The van der Waals surface area contributed by atoms with E-state index < -0.39 is 11.7 Å². The molecule has 0 fully saturated rings. The van der Waals surface area contributed by atoms with Crippen molar-refractivity contribution in [1.82, 2.24) is 5.01 Å². The minimum atomic E-state index is -0.655. The second kappa shape index (κ2) is 6.28. The Labute approximate surface area is 136 Å². The fourth-order valence-corrected chi connectivity index (χ4v) is 2.22. The number of ether oxygens (including phenoxy) is 1. The summed E-state index contributed by atoms with van der Waals surface area (Å²) in [5, 5.41) is 4.38. The monoisotopic (exact) mass is 314 g/mol. The number of hydrazine groups is 1. The molecule has 0 aromatic heterocycles. The maximum Gasteiger partial charge on any atom is 0.434 e. The first-order chi connectivity index (χ1) is 10.7. The molecule has 122 valence electrons. The van der Waals surface area contributed by atoms with E-state index in [4.69, 9.17) is 4.74 Å². The van der Waals surface area contributed by atoms with Crippen LogP contribution in [-0.2, 0) is 9.53 Å². The number of amides is 2. The molecule has 0 aliphatic rings. The minimum Gasteiger partial charge on any atom is -0.442 e. The fraction of sp³-hybridized carbons (Fsp3) is 0.333. The molecule has 0 unspecified atom stereocenters. The third kappa shape index (κ3) is 3.80. The van der Waals surface area contributed by atoms with Gasteiger partial charge in [0.2, 0.25) is 5.91 Å². The minimum absolute atomic E-state index is 0.260. The predicted octanol–water partition coefficient (Wildman–Crippen LogP) is 3.97. The second-order valence-corrected chi connectivity index (χ2v) is 6.33. The van der Waals surface area contributed by atoms with Gasteiger partial charge in [0, 0.05) is 19.4 Å². The highest BCUT2D eigenvalue weighted by Crippen LogP contribution is 2.29. The van der Waals surface area contributed by atoms with Crippen molar-refractivity contribution in [3.63, 3.8) is 0 Å². The quantitative estimate of drug-likeness (QED) is 0.748. The van der Waals surface area contributed by atoms with Crippen LogP contribution in [0.3, 0.4) is 0 Å². The van der Waals surface area contributed by atoms with Gasteiger partial charge in [-0.3, -0.25) is 4.79 Å². The van der Waals surface area contributed by atoms with E-state index in [1.165, 1.54) is 16.9 Å². The summed E-state index contributed by atoms with van der Waals surface area (Å²) >= 11 is 0. The molecule has 2 aromatic rings. The van der Waals surface area contributed by atoms with E-state index in [0.29, 0.717) is 5.69 Å². The zero-order valence-corrected chi connectivity index (χ0v) is 14.2. The molecule has 0 aliphatic heterocycles. The molecule has 0 heterocycles. The topological polar surface area (TPSA) is 49.9 Å². The number of benzene rings is 2. The summed E-state index contributed by atoms with van der Waals surface area (Å²) in [4.78, 5) is 24.5. The number of rotatable bonds is 1. The predicted molar refractivity (Wildman–Crippen MR) is 91.1 cm³/mol. The van der Waals surface area contributed by atoms with Crippen molar-refractivity contribution in [2.75, 3.05) is 12.1 Å². The number of carbonyl (C=O) groups excluding carboxylic acids is 2. The Balaban J connectivity index is 2.56. The first-order valence-electron chi connectivity index (χ1n) is 7.46. The van der Waals surface area contributed by atoms with Crippen LogP contribution in [0.25, 0.3) is 10.8 Å². The molecular weight excluding hydrogens is 292 g/mol. The molecule has 2 aromatic carbocycles. The highest BCUT2D eigenvalue weighted by Gasteiger charge is 2.29. The van der Waals surface area contributed by atoms with E-state index in [2.05, 4.69) is 0 Å². The van der Waals surface area contributed by atoms with Crippen LogP contribution >= 0.6 is 0 Å². The van der Waals surface area contributed by atoms with Crippen LogP contribution in [0.2, 0.25) is 0 Å². The van der Waals surface area contributed by atoms with Gasteiger partial charge in [-0.1, -0.05) is 36.4 Å². The van der Waals surface area contributed by atoms with Crippen molar-refractivity contribution < 1.29 is 14.3 Å². The largest absolute Gasteiger partial charge is 0.442 e. The summed E-state index contributed by atoms with van der Waals surface area (Å²) in [6, 6.07) is 13.3. The number of hydrogen-bond donors (Lipinski definition) is 0. The van der Waals surface area contributed by atoms with Crippen LogP contribution < -0.4 is 5.01 Å².